The lowest BCUT2D eigenvalue weighted by Crippen LogP contribution is -2.75. The van der Waals surface area contributed by atoms with Gasteiger partial charge in [-0.15, -0.1) is 0 Å². The molecule has 7 aliphatic rings. The fraction of sp³-hybridized carbons (Fsp3) is 1.00. The molecule has 1 spiro atoms. The van der Waals surface area contributed by atoms with Gasteiger partial charge in [-0.05, 0) is 73.5 Å². The molecule has 3 heterocycles. The van der Waals surface area contributed by atoms with Crippen molar-refractivity contribution in [3.63, 3.8) is 0 Å². The predicted molar refractivity (Wildman–Crippen MR) is 149 cm³/mol. The molecule has 0 amide bonds. The van der Waals surface area contributed by atoms with Gasteiger partial charge in [-0.2, -0.15) is 0 Å². The van der Waals surface area contributed by atoms with Gasteiger partial charge in [-0.3, -0.25) is 0 Å². The van der Waals surface area contributed by atoms with Gasteiger partial charge in [0, 0.05) is 24.2 Å². The largest absolute Gasteiger partial charge is 0.392 e. The fourth-order valence-corrected chi connectivity index (χ4v) is 11.7. The van der Waals surface area contributed by atoms with E-state index < -0.39 is 59.7 Å². The maximum atomic E-state index is 11.8. The summed E-state index contributed by atoms with van der Waals surface area (Å²) in [6.45, 7) is 9.50. The Morgan fingerprint density at radius 3 is 2.26 bits per heavy atom. The monoisotopic (exact) mass is 596 g/mol. The van der Waals surface area contributed by atoms with E-state index in [9.17, 15) is 30.6 Å². The van der Waals surface area contributed by atoms with Crippen LogP contribution in [0.4, 0.5) is 0 Å². The van der Waals surface area contributed by atoms with Crippen molar-refractivity contribution in [2.45, 2.75) is 139 Å². The number of aliphatic hydroxyl groups is 6. The Morgan fingerprint density at radius 1 is 0.786 bits per heavy atom. The van der Waals surface area contributed by atoms with Crippen molar-refractivity contribution in [3.05, 3.63) is 0 Å². The minimum absolute atomic E-state index is 0.00703. The minimum Gasteiger partial charge on any atom is -0.392 e. The van der Waals surface area contributed by atoms with E-state index in [2.05, 4.69) is 20.8 Å². The normalized spacial score (nSPS) is 62.7. The van der Waals surface area contributed by atoms with Gasteiger partial charge in [-0.25, -0.2) is 0 Å². The summed E-state index contributed by atoms with van der Waals surface area (Å²) >= 11 is 0. The maximum Gasteiger partial charge on any atom is 0.187 e. The lowest BCUT2D eigenvalue weighted by molar-refractivity contribution is -0.379. The Hall–Kier alpha value is -0.400. The lowest BCUT2D eigenvalue weighted by Gasteiger charge is -2.68. The molecule has 0 radical (unpaired) electrons. The topological polar surface area (TPSA) is 158 Å². The predicted octanol–water partition coefficient (Wildman–Crippen LogP) is 1.31. The second-order valence-corrected chi connectivity index (χ2v) is 15.7. The van der Waals surface area contributed by atoms with Gasteiger partial charge < -0.3 is 49.6 Å². The molecule has 10 nitrogen and oxygen atoms in total. The molecule has 4 aliphatic carbocycles. The SMILES string of the molecule is CC1CCC2(OC1)OC1CC3C4CC[C@]5(O[C@@H]6OC[C@@H](O)[C@@H](O)[C@H]6O)[C@@H](O)[C@@H](O)C[C@@H](O)C5(C)C4CCC3(C)C1C2C. The Kier molecular flexibility index (Phi) is 7.24. The molecular formula is C32H52O10. The Morgan fingerprint density at radius 2 is 1.55 bits per heavy atom. The Bertz CT molecular complexity index is 1030. The van der Waals surface area contributed by atoms with Crippen LogP contribution in [-0.2, 0) is 18.9 Å². The summed E-state index contributed by atoms with van der Waals surface area (Å²) in [5, 5.41) is 65.4. The van der Waals surface area contributed by atoms with Crippen molar-refractivity contribution in [2.75, 3.05) is 13.2 Å². The van der Waals surface area contributed by atoms with Gasteiger partial charge in [-0.1, -0.05) is 27.7 Å². The molecular weight excluding hydrogens is 544 g/mol. The summed E-state index contributed by atoms with van der Waals surface area (Å²) in [7, 11) is 0. The molecule has 3 saturated heterocycles. The first kappa shape index (κ1) is 30.3. The summed E-state index contributed by atoms with van der Waals surface area (Å²) in [4.78, 5) is 0. The summed E-state index contributed by atoms with van der Waals surface area (Å²) < 4.78 is 25.5. The fourth-order valence-electron chi connectivity index (χ4n) is 11.7. The van der Waals surface area contributed by atoms with Crippen molar-refractivity contribution in [3.8, 4) is 0 Å². The van der Waals surface area contributed by atoms with Gasteiger partial charge in [0.1, 0.15) is 30.0 Å². The molecule has 7 rings (SSSR count). The number of hydrogen-bond donors (Lipinski definition) is 6. The number of hydrogen-bond acceptors (Lipinski definition) is 10. The third-order valence-corrected chi connectivity index (χ3v) is 14.0. The van der Waals surface area contributed by atoms with Crippen molar-refractivity contribution in [1.82, 2.24) is 0 Å². The third-order valence-electron chi connectivity index (χ3n) is 14.0. The molecule has 0 aromatic carbocycles. The molecule has 3 aliphatic heterocycles. The third kappa shape index (κ3) is 3.86. The number of aliphatic hydroxyl groups excluding tert-OH is 6. The van der Waals surface area contributed by atoms with E-state index in [0.29, 0.717) is 30.1 Å². The standard InChI is InChI=1S/C32H52O10/c1-15-5-10-32(40-13-15)16(2)24-22(41-32)11-19-17-6-9-31(42-28-26(37)25(36)21(34)14-39-28)27(38)20(33)12-23(35)30(31,4)18(17)7-8-29(19,24)3/h15-28,33-38H,5-14H2,1-4H3/t15?,16?,17?,18?,19?,20-,21+,22?,23+,24?,25+,26+,27-,28-,29?,30?,31-,32?/m0/s1. The summed E-state index contributed by atoms with van der Waals surface area (Å²) in [5.74, 6) is 1.44. The zero-order chi connectivity index (χ0) is 30.0. The molecule has 240 valence electrons. The average molecular weight is 597 g/mol. The molecule has 42 heavy (non-hydrogen) atoms. The van der Waals surface area contributed by atoms with E-state index in [0.717, 1.165) is 45.1 Å². The van der Waals surface area contributed by atoms with Gasteiger partial charge >= 0.3 is 0 Å². The van der Waals surface area contributed by atoms with E-state index in [1.165, 1.54) is 0 Å². The van der Waals surface area contributed by atoms with E-state index >= 15 is 0 Å². The van der Waals surface area contributed by atoms with Crippen LogP contribution < -0.4 is 0 Å². The molecule has 10 heteroatoms. The van der Waals surface area contributed by atoms with Gasteiger partial charge in [0.25, 0.3) is 0 Å². The van der Waals surface area contributed by atoms with E-state index in [-0.39, 0.29) is 36.4 Å². The molecule has 18 atom stereocenters. The Balaban J connectivity index is 1.19. The lowest BCUT2D eigenvalue weighted by atomic mass is 9.41. The number of rotatable bonds is 2. The van der Waals surface area contributed by atoms with Crippen LogP contribution in [0.1, 0.15) is 79.1 Å². The van der Waals surface area contributed by atoms with Crippen LogP contribution in [0, 0.1) is 46.3 Å². The second kappa shape index (κ2) is 10.0. The van der Waals surface area contributed by atoms with Crippen molar-refractivity contribution in [1.29, 1.82) is 0 Å². The van der Waals surface area contributed by atoms with E-state index in [1.54, 1.807) is 0 Å². The summed E-state index contributed by atoms with van der Waals surface area (Å²) in [5.41, 5.74) is -2.27. The zero-order valence-corrected chi connectivity index (χ0v) is 25.5. The Labute approximate surface area is 248 Å². The molecule has 0 aromatic heterocycles. The number of fused-ring (bicyclic) bond motifs is 7. The van der Waals surface area contributed by atoms with Crippen LogP contribution in [0.5, 0.6) is 0 Å². The van der Waals surface area contributed by atoms with Crippen molar-refractivity contribution >= 4 is 0 Å². The van der Waals surface area contributed by atoms with Crippen LogP contribution in [0.25, 0.3) is 0 Å². The quantitative estimate of drug-likeness (QED) is 0.257. The van der Waals surface area contributed by atoms with E-state index in [4.69, 9.17) is 18.9 Å². The highest BCUT2D eigenvalue weighted by Crippen LogP contribution is 2.72. The van der Waals surface area contributed by atoms with Gasteiger partial charge in [0.05, 0.1) is 31.5 Å². The number of ether oxygens (including phenoxy) is 4. The molecule has 0 aromatic rings. The molecule has 6 N–H and O–H groups in total. The molecule has 0 bridgehead atoms. The second-order valence-electron chi connectivity index (χ2n) is 15.7. The first-order chi connectivity index (χ1) is 19.8. The summed E-state index contributed by atoms with van der Waals surface area (Å²) in [6.07, 6.45) is -2.92. The van der Waals surface area contributed by atoms with Crippen molar-refractivity contribution in [2.24, 2.45) is 46.3 Å². The summed E-state index contributed by atoms with van der Waals surface area (Å²) in [6, 6.07) is 0. The first-order valence-electron chi connectivity index (χ1n) is 16.5. The van der Waals surface area contributed by atoms with Gasteiger partial charge in [0.2, 0.25) is 0 Å². The van der Waals surface area contributed by atoms with Crippen LogP contribution in [-0.4, -0.2) is 104 Å². The zero-order valence-electron chi connectivity index (χ0n) is 25.5. The average Bonchev–Trinajstić information content (AvgIpc) is 3.40. The molecule has 7 fully saturated rings. The highest BCUT2D eigenvalue weighted by molar-refractivity contribution is 5.22. The van der Waals surface area contributed by atoms with Crippen molar-refractivity contribution < 1.29 is 49.6 Å². The highest BCUT2D eigenvalue weighted by Gasteiger charge is 2.74. The smallest absolute Gasteiger partial charge is 0.187 e. The highest BCUT2D eigenvalue weighted by atomic mass is 16.7. The minimum atomic E-state index is -1.53. The van der Waals surface area contributed by atoms with Crippen LogP contribution in [0.3, 0.4) is 0 Å². The molecule has 10 unspecified atom stereocenters. The molecule has 4 saturated carbocycles. The van der Waals surface area contributed by atoms with E-state index in [1.807, 2.05) is 6.92 Å². The van der Waals surface area contributed by atoms with Gasteiger partial charge in [0.15, 0.2) is 12.1 Å². The first-order valence-corrected chi connectivity index (χ1v) is 16.5. The van der Waals surface area contributed by atoms with Crippen LogP contribution >= 0.6 is 0 Å². The van der Waals surface area contributed by atoms with Crippen LogP contribution in [0.2, 0.25) is 0 Å². The van der Waals surface area contributed by atoms with Crippen LogP contribution in [0.15, 0.2) is 0 Å². The maximum absolute atomic E-state index is 11.8.